The summed E-state index contributed by atoms with van der Waals surface area (Å²) in [7, 11) is 0. The number of unbranched alkanes of at least 4 members (excludes halogenated alkanes) is 1. The maximum absolute atomic E-state index is 5.85. The summed E-state index contributed by atoms with van der Waals surface area (Å²) in [5.41, 5.74) is 4.98. The van der Waals surface area contributed by atoms with Crippen LogP contribution >= 0.6 is 11.3 Å². The fraction of sp³-hybridized carbons (Fsp3) is 0.235. The molecule has 0 aliphatic rings. The van der Waals surface area contributed by atoms with Crippen molar-refractivity contribution in [1.82, 2.24) is 4.98 Å². The topological polar surface area (TPSA) is 22.1 Å². The predicted molar refractivity (Wildman–Crippen MR) is 84.3 cm³/mol. The lowest BCUT2D eigenvalue weighted by molar-refractivity contribution is 0.319. The second-order valence-corrected chi connectivity index (χ2v) is 5.43. The number of fused-ring (bicyclic) bond motifs is 1. The molecule has 0 N–H and O–H groups in total. The molecule has 0 saturated carbocycles. The molecule has 3 heteroatoms. The van der Waals surface area contributed by atoms with Gasteiger partial charge >= 0.3 is 0 Å². The van der Waals surface area contributed by atoms with Crippen molar-refractivity contribution < 1.29 is 4.74 Å². The summed E-state index contributed by atoms with van der Waals surface area (Å²) in [4.78, 5) is 4.38. The molecule has 0 saturated heterocycles. The third-order valence-corrected chi connectivity index (χ3v) is 3.94. The third-order valence-electron chi connectivity index (χ3n) is 3.26. The van der Waals surface area contributed by atoms with Crippen LogP contribution in [-0.2, 0) is 0 Å². The van der Waals surface area contributed by atoms with E-state index in [1.165, 1.54) is 22.1 Å². The third kappa shape index (κ3) is 2.54. The summed E-state index contributed by atoms with van der Waals surface area (Å²) < 4.78 is 5.85. The van der Waals surface area contributed by atoms with Crippen LogP contribution in [0.1, 0.15) is 19.8 Å². The Hall–Kier alpha value is -1.87. The van der Waals surface area contributed by atoms with Gasteiger partial charge in [0.2, 0.25) is 5.06 Å². The summed E-state index contributed by atoms with van der Waals surface area (Å²) in [6.45, 7) is 2.90. The second-order valence-electron chi connectivity index (χ2n) is 4.67. The van der Waals surface area contributed by atoms with E-state index < -0.39 is 0 Å². The summed E-state index contributed by atoms with van der Waals surface area (Å²) >= 11 is 1.45. The SMILES string of the molecule is CCCCOc1s[c]nc1-c1cccc2ccccc12. The molecular weight excluding hydrogens is 266 g/mol. The number of nitrogens with zero attached hydrogens (tertiary/aromatic N) is 1. The van der Waals surface area contributed by atoms with Gasteiger partial charge in [-0.1, -0.05) is 67.1 Å². The molecule has 0 atom stereocenters. The Balaban J connectivity index is 2.01. The fourth-order valence-corrected chi connectivity index (χ4v) is 2.83. The maximum atomic E-state index is 5.85. The average Bonchev–Trinajstić information content (AvgIpc) is 2.95. The van der Waals surface area contributed by atoms with E-state index in [4.69, 9.17) is 4.74 Å². The van der Waals surface area contributed by atoms with Crippen molar-refractivity contribution in [2.75, 3.05) is 6.61 Å². The van der Waals surface area contributed by atoms with Crippen LogP contribution < -0.4 is 4.74 Å². The van der Waals surface area contributed by atoms with Gasteiger partial charge in [0.1, 0.15) is 5.69 Å². The summed E-state index contributed by atoms with van der Waals surface area (Å²) in [6, 6.07) is 14.6. The van der Waals surface area contributed by atoms with Gasteiger partial charge in [-0.15, -0.1) is 0 Å². The highest BCUT2D eigenvalue weighted by molar-refractivity contribution is 7.11. The number of benzene rings is 2. The van der Waals surface area contributed by atoms with Crippen molar-refractivity contribution in [1.29, 1.82) is 0 Å². The number of rotatable bonds is 5. The van der Waals surface area contributed by atoms with Gasteiger partial charge in [-0.05, 0) is 17.2 Å². The minimum absolute atomic E-state index is 0.740. The molecule has 1 aromatic heterocycles. The highest BCUT2D eigenvalue weighted by Crippen LogP contribution is 2.36. The fourth-order valence-electron chi connectivity index (χ4n) is 2.21. The lowest BCUT2D eigenvalue weighted by Crippen LogP contribution is -1.96. The van der Waals surface area contributed by atoms with E-state index in [1.54, 1.807) is 0 Å². The zero-order chi connectivity index (χ0) is 13.8. The summed E-state index contributed by atoms with van der Waals surface area (Å²) in [5, 5.41) is 3.29. The Morgan fingerprint density at radius 2 is 2.00 bits per heavy atom. The molecule has 0 bridgehead atoms. The number of hydrogen-bond donors (Lipinski definition) is 0. The second kappa shape index (κ2) is 6.06. The van der Waals surface area contributed by atoms with Crippen molar-refractivity contribution in [2.45, 2.75) is 19.8 Å². The Kier molecular flexibility index (Phi) is 3.97. The lowest BCUT2D eigenvalue weighted by atomic mass is 10.0. The molecule has 20 heavy (non-hydrogen) atoms. The average molecular weight is 282 g/mol. The monoisotopic (exact) mass is 282 g/mol. The standard InChI is InChI=1S/C17H16NOS/c1-2-3-11-19-17-16(18-12-20-17)15-10-6-8-13-7-4-5-9-14(13)15/h4-10H,2-3,11H2,1H3. The number of aromatic nitrogens is 1. The van der Waals surface area contributed by atoms with Gasteiger partial charge in [0.15, 0.2) is 5.51 Å². The predicted octanol–water partition coefficient (Wildman–Crippen LogP) is 4.94. The molecule has 0 aliphatic heterocycles. The van der Waals surface area contributed by atoms with Gasteiger partial charge in [-0.3, -0.25) is 0 Å². The molecular formula is C17H16NOS. The number of ether oxygens (including phenoxy) is 1. The molecule has 1 heterocycles. The first-order valence-electron chi connectivity index (χ1n) is 6.88. The van der Waals surface area contributed by atoms with Crippen LogP contribution in [0.5, 0.6) is 5.06 Å². The molecule has 0 amide bonds. The molecule has 1 radical (unpaired) electrons. The molecule has 2 nitrogen and oxygen atoms in total. The first-order chi connectivity index (χ1) is 9.90. The van der Waals surface area contributed by atoms with Crippen LogP contribution in [-0.4, -0.2) is 11.6 Å². The van der Waals surface area contributed by atoms with Gasteiger partial charge in [0.25, 0.3) is 0 Å². The zero-order valence-electron chi connectivity index (χ0n) is 11.4. The van der Waals surface area contributed by atoms with E-state index in [1.807, 2.05) is 0 Å². The van der Waals surface area contributed by atoms with Gasteiger partial charge in [0.05, 0.1) is 6.61 Å². The van der Waals surface area contributed by atoms with Crippen LogP contribution in [0.3, 0.4) is 0 Å². The smallest absolute Gasteiger partial charge is 0.202 e. The molecule has 101 valence electrons. The molecule has 3 aromatic rings. The molecule has 2 aromatic carbocycles. The first-order valence-corrected chi connectivity index (χ1v) is 7.69. The van der Waals surface area contributed by atoms with E-state index in [-0.39, 0.29) is 0 Å². The Labute approximate surface area is 123 Å². The highest BCUT2D eigenvalue weighted by atomic mass is 32.1. The highest BCUT2D eigenvalue weighted by Gasteiger charge is 2.12. The summed E-state index contributed by atoms with van der Waals surface area (Å²) in [5.74, 6) is 0. The van der Waals surface area contributed by atoms with Crippen molar-refractivity contribution >= 4 is 22.1 Å². The zero-order valence-corrected chi connectivity index (χ0v) is 12.2. The maximum Gasteiger partial charge on any atom is 0.202 e. The van der Waals surface area contributed by atoms with Crippen LogP contribution in [0.15, 0.2) is 42.5 Å². The Morgan fingerprint density at radius 1 is 1.15 bits per heavy atom. The van der Waals surface area contributed by atoms with Crippen LogP contribution in [0.25, 0.3) is 22.0 Å². The largest absolute Gasteiger partial charge is 0.482 e. The van der Waals surface area contributed by atoms with E-state index in [0.29, 0.717) is 0 Å². The molecule has 0 spiro atoms. The minimum Gasteiger partial charge on any atom is -0.482 e. The quantitative estimate of drug-likeness (QED) is 0.618. The molecule has 0 aliphatic carbocycles. The Bertz CT molecular complexity index is 700. The van der Waals surface area contributed by atoms with Crippen molar-refractivity contribution in [3.05, 3.63) is 48.0 Å². The van der Waals surface area contributed by atoms with E-state index >= 15 is 0 Å². The Morgan fingerprint density at radius 3 is 2.90 bits per heavy atom. The van der Waals surface area contributed by atoms with Gasteiger partial charge in [-0.25, -0.2) is 4.98 Å². The van der Waals surface area contributed by atoms with E-state index in [0.717, 1.165) is 35.8 Å². The van der Waals surface area contributed by atoms with Crippen LogP contribution in [0, 0.1) is 5.51 Å². The summed E-state index contributed by atoms with van der Waals surface area (Å²) in [6.07, 6.45) is 2.19. The van der Waals surface area contributed by atoms with Gasteiger partial charge < -0.3 is 4.74 Å². The minimum atomic E-state index is 0.740. The van der Waals surface area contributed by atoms with Crippen LogP contribution in [0.2, 0.25) is 0 Å². The molecule has 3 rings (SSSR count). The normalized spacial score (nSPS) is 10.8. The molecule has 0 fully saturated rings. The van der Waals surface area contributed by atoms with Crippen LogP contribution in [0.4, 0.5) is 0 Å². The van der Waals surface area contributed by atoms with Crippen molar-refractivity contribution in [3.63, 3.8) is 0 Å². The van der Waals surface area contributed by atoms with Gasteiger partial charge in [0, 0.05) is 5.56 Å². The number of thiazole rings is 1. The van der Waals surface area contributed by atoms with E-state index in [2.05, 4.69) is 59.9 Å². The lowest BCUT2D eigenvalue weighted by Gasteiger charge is -2.07. The van der Waals surface area contributed by atoms with Crippen molar-refractivity contribution in [2.24, 2.45) is 0 Å². The first kappa shape index (κ1) is 13.1. The van der Waals surface area contributed by atoms with Crippen molar-refractivity contribution in [3.8, 4) is 16.3 Å². The number of hydrogen-bond acceptors (Lipinski definition) is 3. The van der Waals surface area contributed by atoms with Gasteiger partial charge in [-0.2, -0.15) is 0 Å². The van der Waals surface area contributed by atoms with E-state index in [9.17, 15) is 0 Å². The molecule has 0 unspecified atom stereocenters.